The summed E-state index contributed by atoms with van der Waals surface area (Å²) >= 11 is 0. The summed E-state index contributed by atoms with van der Waals surface area (Å²) in [5.41, 5.74) is 0.701. The lowest BCUT2D eigenvalue weighted by atomic mass is 10.1. The van der Waals surface area contributed by atoms with E-state index in [-0.39, 0.29) is 22.7 Å². The predicted octanol–water partition coefficient (Wildman–Crippen LogP) is 2.74. The van der Waals surface area contributed by atoms with Gasteiger partial charge in [-0.15, -0.1) is 0 Å². The number of ether oxygens (including phenoxy) is 2. The normalized spacial score (nSPS) is 13.7. The molecule has 2 aromatic rings. The van der Waals surface area contributed by atoms with Gasteiger partial charge >= 0.3 is 5.97 Å². The number of nitro groups is 1. The van der Waals surface area contributed by atoms with Crippen molar-refractivity contribution in [2.24, 2.45) is 0 Å². The van der Waals surface area contributed by atoms with Crippen LogP contribution in [0.3, 0.4) is 0 Å². The van der Waals surface area contributed by atoms with Crippen molar-refractivity contribution in [1.82, 2.24) is 4.90 Å². The zero-order valence-electron chi connectivity index (χ0n) is 16.9. The fourth-order valence-corrected chi connectivity index (χ4v) is 3.40. The molecule has 0 saturated carbocycles. The average molecular weight is 413 g/mol. The van der Waals surface area contributed by atoms with Gasteiger partial charge in [0.15, 0.2) is 0 Å². The Morgan fingerprint density at radius 3 is 2.37 bits per heavy atom. The molecule has 0 aromatic heterocycles. The predicted molar refractivity (Wildman–Crippen MR) is 110 cm³/mol. The first-order chi connectivity index (χ1) is 14.4. The van der Waals surface area contributed by atoms with Crippen molar-refractivity contribution in [3.63, 3.8) is 0 Å². The van der Waals surface area contributed by atoms with Gasteiger partial charge in [-0.1, -0.05) is 12.1 Å². The zero-order chi connectivity index (χ0) is 21.7. The molecule has 0 N–H and O–H groups in total. The minimum absolute atomic E-state index is 0.0284. The standard InChI is InChI=1S/C21H23N3O6/c1-3-30-19-7-5-4-6-18(19)22-8-10-23(11-9-22)20(25)15-12-16(21(26)29-2)14-17(13-15)24(27)28/h4-7,12-14H,3,8-11H2,1-2H3. The quantitative estimate of drug-likeness (QED) is 0.408. The van der Waals surface area contributed by atoms with Gasteiger partial charge in [0, 0.05) is 43.9 Å². The van der Waals surface area contributed by atoms with Crippen LogP contribution in [0.1, 0.15) is 27.6 Å². The molecule has 158 valence electrons. The third-order valence-corrected chi connectivity index (χ3v) is 4.87. The van der Waals surface area contributed by atoms with E-state index in [1.165, 1.54) is 19.2 Å². The first kappa shape index (κ1) is 21.1. The Labute approximate surface area is 173 Å². The van der Waals surface area contributed by atoms with E-state index < -0.39 is 10.9 Å². The molecule has 0 radical (unpaired) electrons. The lowest BCUT2D eigenvalue weighted by Crippen LogP contribution is -2.49. The number of methoxy groups -OCH3 is 1. The highest BCUT2D eigenvalue weighted by Crippen LogP contribution is 2.29. The Morgan fingerprint density at radius 1 is 1.07 bits per heavy atom. The molecule has 1 amide bonds. The lowest BCUT2D eigenvalue weighted by Gasteiger charge is -2.36. The second-order valence-electron chi connectivity index (χ2n) is 6.70. The molecule has 0 aliphatic carbocycles. The summed E-state index contributed by atoms with van der Waals surface area (Å²) in [5.74, 6) is -0.298. The molecule has 1 saturated heterocycles. The minimum Gasteiger partial charge on any atom is -0.492 e. The van der Waals surface area contributed by atoms with Crippen LogP contribution in [0.5, 0.6) is 5.75 Å². The molecule has 9 nitrogen and oxygen atoms in total. The number of hydrogen-bond donors (Lipinski definition) is 0. The van der Waals surface area contributed by atoms with Gasteiger partial charge < -0.3 is 19.3 Å². The van der Waals surface area contributed by atoms with E-state index in [4.69, 9.17) is 4.74 Å². The number of esters is 1. The summed E-state index contributed by atoms with van der Waals surface area (Å²) in [6, 6.07) is 11.4. The van der Waals surface area contributed by atoms with E-state index in [1.54, 1.807) is 4.90 Å². The summed E-state index contributed by atoms with van der Waals surface area (Å²) < 4.78 is 10.3. The third kappa shape index (κ3) is 4.51. The molecule has 30 heavy (non-hydrogen) atoms. The Morgan fingerprint density at radius 2 is 1.73 bits per heavy atom. The summed E-state index contributed by atoms with van der Waals surface area (Å²) in [7, 11) is 1.18. The van der Waals surface area contributed by atoms with Gasteiger partial charge in [-0.2, -0.15) is 0 Å². The number of rotatable bonds is 6. The zero-order valence-corrected chi connectivity index (χ0v) is 16.9. The molecule has 0 spiro atoms. The number of hydrogen-bond acceptors (Lipinski definition) is 7. The molecular formula is C21H23N3O6. The van der Waals surface area contributed by atoms with Gasteiger partial charge in [0.05, 0.1) is 29.9 Å². The van der Waals surface area contributed by atoms with Crippen molar-refractivity contribution in [1.29, 1.82) is 0 Å². The number of nitro benzene ring substituents is 1. The number of amides is 1. The van der Waals surface area contributed by atoms with Gasteiger partial charge in [-0.05, 0) is 25.1 Å². The summed E-state index contributed by atoms with van der Waals surface area (Å²) in [5, 5.41) is 11.2. The number of para-hydroxylation sites is 2. The Balaban J connectivity index is 1.76. The SMILES string of the molecule is CCOc1ccccc1N1CCN(C(=O)c2cc(C(=O)OC)cc([N+](=O)[O-])c2)CC1. The van der Waals surface area contributed by atoms with Gasteiger partial charge in [0.2, 0.25) is 0 Å². The number of piperazine rings is 1. The monoisotopic (exact) mass is 413 g/mol. The number of nitrogens with zero attached hydrogens (tertiary/aromatic N) is 3. The van der Waals surface area contributed by atoms with Crippen LogP contribution in [0.4, 0.5) is 11.4 Å². The number of carbonyl (C=O) groups is 2. The van der Waals surface area contributed by atoms with E-state index in [0.29, 0.717) is 32.8 Å². The Kier molecular flexibility index (Phi) is 6.51. The molecule has 1 fully saturated rings. The van der Waals surface area contributed by atoms with Crippen molar-refractivity contribution in [2.45, 2.75) is 6.92 Å². The van der Waals surface area contributed by atoms with Crippen LogP contribution < -0.4 is 9.64 Å². The maximum Gasteiger partial charge on any atom is 0.338 e. The largest absolute Gasteiger partial charge is 0.492 e. The fourth-order valence-electron chi connectivity index (χ4n) is 3.40. The number of non-ortho nitro benzene ring substituents is 1. The number of carbonyl (C=O) groups excluding carboxylic acids is 2. The van der Waals surface area contributed by atoms with E-state index >= 15 is 0 Å². The number of benzene rings is 2. The van der Waals surface area contributed by atoms with Crippen LogP contribution in [0.25, 0.3) is 0 Å². The van der Waals surface area contributed by atoms with Crippen LogP contribution in [0.2, 0.25) is 0 Å². The van der Waals surface area contributed by atoms with Crippen LogP contribution >= 0.6 is 0 Å². The van der Waals surface area contributed by atoms with Crippen LogP contribution in [0, 0.1) is 10.1 Å². The average Bonchev–Trinajstić information content (AvgIpc) is 2.78. The molecule has 0 atom stereocenters. The first-order valence-electron chi connectivity index (χ1n) is 9.58. The highest BCUT2D eigenvalue weighted by molar-refractivity contribution is 5.99. The van der Waals surface area contributed by atoms with Gasteiger partial charge in [0.1, 0.15) is 5.75 Å². The first-order valence-corrected chi connectivity index (χ1v) is 9.58. The van der Waals surface area contributed by atoms with Gasteiger partial charge in [-0.25, -0.2) is 4.79 Å². The maximum absolute atomic E-state index is 13.0. The van der Waals surface area contributed by atoms with Gasteiger partial charge in [-0.3, -0.25) is 14.9 Å². The van der Waals surface area contributed by atoms with Crippen molar-refractivity contribution < 1.29 is 24.0 Å². The second-order valence-corrected chi connectivity index (χ2v) is 6.70. The Hall–Kier alpha value is -3.62. The molecular weight excluding hydrogens is 390 g/mol. The van der Waals surface area contributed by atoms with E-state index in [9.17, 15) is 19.7 Å². The van der Waals surface area contributed by atoms with Crippen molar-refractivity contribution >= 4 is 23.3 Å². The summed E-state index contributed by atoms with van der Waals surface area (Å²) in [4.78, 5) is 39.1. The molecule has 9 heteroatoms. The maximum atomic E-state index is 13.0. The van der Waals surface area contributed by atoms with Crippen molar-refractivity contribution in [3.05, 3.63) is 63.7 Å². The smallest absolute Gasteiger partial charge is 0.338 e. The molecule has 0 bridgehead atoms. The fraction of sp³-hybridized carbons (Fsp3) is 0.333. The summed E-state index contributed by atoms with van der Waals surface area (Å²) in [6.45, 7) is 4.55. The molecule has 3 rings (SSSR count). The molecule has 2 aromatic carbocycles. The van der Waals surface area contributed by atoms with Crippen molar-refractivity contribution in [2.75, 3.05) is 44.8 Å². The van der Waals surface area contributed by atoms with E-state index in [2.05, 4.69) is 9.64 Å². The van der Waals surface area contributed by atoms with Gasteiger partial charge in [0.25, 0.3) is 11.6 Å². The van der Waals surface area contributed by atoms with E-state index in [1.807, 2.05) is 31.2 Å². The summed E-state index contributed by atoms with van der Waals surface area (Å²) in [6.07, 6.45) is 0. The topological polar surface area (TPSA) is 102 Å². The van der Waals surface area contributed by atoms with E-state index in [0.717, 1.165) is 17.5 Å². The molecule has 0 unspecified atom stereocenters. The van der Waals surface area contributed by atoms with Crippen molar-refractivity contribution in [3.8, 4) is 5.75 Å². The van der Waals surface area contributed by atoms with Crippen LogP contribution in [-0.4, -0.2) is 61.6 Å². The highest BCUT2D eigenvalue weighted by Gasteiger charge is 2.26. The van der Waals surface area contributed by atoms with Crippen LogP contribution in [0.15, 0.2) is 42.5 Å². The molecule has 1 heterocycles. The molecule has 1 aliphatic rings. The Bertz CT molecular complexity index is 954. The third-order valence-electron chi connectivity index (χ3n) is 4.87. The second kappa shape index (κ2) is 9.25. The molecule has 1 aliphatic heterocycles. The minimum atomic E-state index is -0.731. The van der Waals surface area contributed by atoms with Crippen LogP contribution in [-0.2, 0) is 4.74 Å². The number of anilines is 1. The highest BCUT2D eigenvalue weighted by atomic mass is 16.6. The lowest BCUT2D eigenvalue weighted by molar-refractivity contribution is -0.384.